The Morgan fingerprint density at radius 3 is 2.85 bits per heavy atom. The second kappa shape index (κ2) is 5.50. The van der Waals surface area contributed by atoms with Crippen LogP contribution < -0.4 is 5.32 Å². The highest BCUT2D eigenvalue weighted by Crippen LogP contribution is 2.41. The molecule has 1 fully saturated rings. The lowest BCUT2D eigenvalue weighted by Crippen LogP contribution is -2.29. The number of hydrogen-bond donors (Lipinski definition) is 1. The van der Waals surface area contributed by atoms with Crippen molar-refractivity contribution < 1.29 is 0 Å². The van der Waals surface area contributed by atoms with Crippen molar-refractivity contribution >= 4 is 28.7 Å². The van der Waals surface area contributed by atoms with E-state index in [4.69, 9.17) is 12.2 Å². The predicted octanol–water partition coefficient (Wildman–Crippen LogP) is 3.44. The van der Waals surface area contributed by atoms with E-state index in [9.17, 15) is 0 Å². The molecule has 0 amide bonds. The van der Waals surface area contributed by atoms with Gasteiger partial charge in [0.05, 0.1) is 17.8 Å². The van der Waals surface area contributed by atoms with Gasteiger partial charge in [-0.15, -0.1) is 11.3 Å². The Morgan fingerprint density at radius 2 is 2.25 bits per heavy atom. The number of likely N-dealkylation sites (N-methyl/N-ethyl adjacent to an activating group) is 1. The van der Waals surface area contributed by atoms with Crippen LogP contribution in [0.2, 0.25) is 0 Å². The molecule has 3 rings (SSSR count). The summed E-state index contributed by atoms with van der Waals surface area (Å²) < 4.78 is 0. The summed E-state index contributed by atoms with van der Waals surface area (Å²) in [4.78, 5) is 8.14. The number of nitrogens with one attached hydrogen (secondary N) is 1. The molecule has 0 spiro atoms. The fraction of sp³-hybridized carbons (Fsp3) is 0.333. The largest absolute Gasteiger partial charge is 0.352 e. The van der Waals surface area contributed by atoms with Gasteiger partial charge in [0.2, 0.25) is 0 Å². The maximum Gasteiger partial charge on any atom is 0.170 e. The van der Waals surface area contributed by atoms with Crippen molar-refractivity contribution in [3.8, 4) is 0 Å². The van der Waals surface area contributed by atoms with Crippen molar-refractivity contribution in [2.45, 2.75) is 25.9 Å². The SMILES string of the molecule is CCN1C(=S)N[C@H](c2ccccn2)[C@H]1c1sccc1C. The fourth-order valence-electron chi connectivity index (χ4n) is 2.72. The third-order valence-electron chi connectivity index (χ3n) is 3.71. The number of thiophene rings is 1. The highest BCUT2D eigenvalue weighted by Gasteiger charge is 2.40. The molecule has 2 aromatic heterocycles. The van der Waals surface area contributed by atoms with Crippen molar-refractivity contribution in [3.63, 3.8) is 0 Å². The highest BCUT2D eigenvalue weighted by molar-refractivity contribution is 7.80. The molecule has 3 heterocycles. The molecule has 1 aliphatic rings. The number of aromatic nitrogens is 1. The van der Waals surface area contributed by atoms with Gasteiger partial charge in [-0.3, -0.25) is 4.98 Å². The van der Waals surface area contributed by atoms with Gasteiger partial charge in [0.1, 0.15) is 0 Å². The standard InChI is InChI=1S/C15H17N3S2/c1-3-18-13(14-10(2)7-9-20-14)12(17-15(18)19)11-6-4-5-8-16-11/h4-9,12-13H,3H2,1-2H3,(H,17,19)/t12-,13+/m1/s1. The first-order valence-corrected chi connectivity index (χ1v) is 8.03. The lowest BCUT2D eigenvalue weighted by Gasteiger charge is -2.26. The van der Waals surface area contributed by atoms with E-state index in [1.165, 1.54) is 10.4 Å². The topological polar surface area (TPSA) is 28.2 Å². The van der Waals surface area contributed by atoms with Crippen LogP contribution in [0.5, 0.6) is 0 Å². The molecular formula is C15H17N3S2. The molecule has 1 aliphatic heterocycles. The lowest BCUT2D eigenvalue weighted by molar-refractivity contribution is 0.334. The Balaban J connectivity index is 2.05. The summed E-state index contributed by atoms with van der Waals surface area (Å²) in [5.74, 6) is 0. The molecule has 0 aromatic carbocycles. The van der Waals surface area contributed by atoms with Crippen molar-refractivity contribution in [3.05, 3.63) is 52.0 Å². The molecule has 0 radical (unpaired) electrons. The van der Waals surface area contributed by atoms with Gasteiger partial charge in [-0.1, -0.05) is 6.07 Å². The molecular weight excluding hydrogens is 286 g/mol. The molecule has 1 saturated heterocycles. The van der Waals surface area contributed by atoms with Crippen LogP contribution in [0.4, 0.5) is 0 Å². The van der Waals surface area contributed by atoms with Crippen molar-refractivity contribution in [1.82, 2.24) is 15.2 Å². The molecule has 0 unspecified atom stereocenters. The van der Waals surface area contributed by atoms with Gasteiger partial charge >= 0.3 is 0 Å². The Bertz CT molecular complexity index is 609. The summed E-state index contributed by atoms with van der Waals surface area (Å²) in [6, 6.07) is 8.57. The van der Waals surface area contributed by atoms with E-state index in [-0.39, 0.29) is 12.1 Å². The van der Waals surface area contributed by atoms with Crippen molar-refractivity contribution in [2.75, 3.05) is 6.54 Å². The third kappa shape index (κ3) is 2.21. The van der Waals surface area contributed by atoms with Gasteiger partial charge in [0.25, 0.3) is 0 Å². The Kier molecular flexibility index (Phi) is 3.72. The molecule has 20 heavy (non-hydrogen) atoms. The van der Waals surface area contributed by atoms with Crippen LogP contribution in [-0.2, 0) is 0 Å². The average molecular weight is 303 g/mol. The lowest BCUT2D eigenvalue weighted by atomic mass is 10.0. The summed E-state index contributed by atoms with van der Waals surface area (Å²) in [6.07, 6.45) is 1.84. The molecule has 0 saturated carbocycles. The zero-order chi connectivity index (χ0) is 14.1. The summed E-state index contributed by atoms with van der Waals surface area (Å²) in [5.41, 5.74) is 2.37. The van der Waals surface area contributed by atoms with E-state index in [1.54, 1.807) is 11.3 Å². The number of pyridine rings is 1. The first-order chi connectivity index (χ1) is 9.72. The third-order valence-corrected chi connectivity index (χ3v) is 5.15. The van der Waals surface area contributed by atoms with E-state index in [0.717, 1.165) is 17.4 Å². The molecule has 2 aromatic rings. The molecule has 2 atom stereocenters. The minimum Gasteiger partial charge on any atom is -0.352 e. The maximum atomic E-state index is 5.50. The predicted molar refractivity (Wildman–Crippen MR) is 86.9 cm³/mol. The fourth-order valence-corrected chi connectivity index (χ4v) is 4.16. The van der Waals surface area contributed by atoms with Crippen molar-refractivity contribution in [2.24, 2.45) is 0 Å². The van der Waals surface area contributed by atoms with Gasteiger partial charge < -0.3 is 10.2 Å². The van der Waals surface area contributed by atoms with Crippen LogP contribution in [0.3, 0.4) is 0 Å². The molecule has 0 bridgehead atoms. The number of rotatable bonds is 3. The van der Waals surface area contributed by atoms with Gasteiger partial charge in [-0.05, 0) is 55.2 Å². The van der Waals surface area contributed by atoms with Crippen LogP contribution >= 0.6 is 23.6 Å². The van der Waals surface area contributed by atoms with Gasteiger partial charge in [-0.2, -0.15) is 0 Å². The van der Waals surface area contributed by atoms with Crippen LogP contribution in [0.1, 0.15) is 35.1 Å². The summed E-state index contributed by atoms with van der Waals surface area (Å²) in [6.45, 7) is 5.21. The summed E-state index contributed by atoms with van der Waals surface area (Å²) in [7, 11) is 0. The van der Waals surface area contributed by atoms with E-state index in [0.29, 0.717) is 0 Å². The first kappa shape index (κ1) is 13.5. The zero-order valence-corrected chi connectivity index (χ0v) is 13.2. The number of nitrogens with zero attached hydrogens (tertiary/aromatic N) is 2. The molecule has 3 nitrogen and oxygen atoms in total. The Labute approximate surface area is 128 Å². The van der Waals surface area contributed by atoms with Crippen LogP contribution in [0, 0.1) is 6.92 Å². The smallest absolute Gasteiger partial charge is 0.170 e. The molecule has 5 heteroatoms. The Hall–Kier alpha value is -1.46. The molecule has 104 valence electrons. The Morgan fingerprint density at radius 1 is 1.40 bits per heavy atom. The number of thiocarbonyl (C=S) groups is 1. The van der Waals surface area contributed by atoms with Gasteiger partial charge in [0.15, 0.2) is 5.11 Å². The van der Waals surface area contributed by atoms with Gasteiger partial charge in [0, 0.05) is 17.6 Å². The molecule has 1 N–H and O–H groups in total. The number of aryl methyl sites for hydroxylation is 1. The normalized spacial score (nSPS) is 22.1. The maximum absolute atomic E-state index is 5.50. The van der Waals surface area contributed by atoms with E-state index >= 15 is 0 Å². The minimum atomic E-state index is 0.126. The summed E-state index contributed by atoms with van der Waals surface area (Å²) in [5, 5.41) is 6.41. The highest BCUT2D eigenvalue weighted by atomic mass is 32.1. The van der Waals surface area contributed by atoms with E-state index in [2.05, 4.69) is 46.6 Å². The monoisotopic (exact) mass is 303 g/mol. The quantitative estimate of drug-likeness (QED) is 0.879. The van der Waals surface area contributed by atoms with Crippen LogP contribution in [-0.4, -0.2) is 21.5 Å². The van der Waals surface area contributed by atoms with Crippen LogP contribution in [0.15, 0.2) is 35.8 Å². The van der Waals surface area contributed by atoms with Crippen LogP contribution in [0.25, 0.3) is 0 Å². The second-order valence-corrected chi connectivity index (χ2v) is 6.21. The zero-order valence-electron chi connectivity index (χ0n) is 11.5. The minimum absolute atomic E-state index is 0.126. The summed E-state index contributed by atoms with van der Waals surface area (Å²) >= 11 is 7.30. The van der Waals surface area contributed by atoms with E-state index < -0.39 is 0 Å². The molecule has 0 aliphatic carbocycles. The first-order valence-electron chi connectivity index (χ1n) is 6.74. The van der Waals surface area contributed by atoms with E-state index in [1.807, 2.05) is 18.3 Å². The van der Waals surface area contributed by atoms with Gasteiger partial charge in [-0.25, -0.2) is 0 Å². The number of hydrogen-bond acceptors (Lipinski definition) is 3. The average Bonchev–Trinajstić information content (AvgIpc) is 3.02. The second-order valence-electron chi connectivity index (χ2n) is 4.88. The van der Waals surface area contributed by atoms with Crippen molar-refractivity contribution in [1.29, 1.82) is 0 Å².